The summed E-state index contributed by atoms with van der Waals surface area (Å²) in [6.07, 6.45) is 1.87. The first-order chi connectivity index (χ1) is 15.6. The summed E-state index contributed by atoms with van der Waals surface area (Å²) >= 11 is 0. The van der Waals surface area contributed by atoms with E-state index in [0.717, 1.165) is 37.2 Å². The lowest BCUT2D eigenvalue weighted by atomic mass is 9.96. The predicted octanol–water partition coefficient (Wildman–Crippen LogP) is 4.42. The number of sulfonamides is 1. The van der Waals surface area contributed by atoms with Gasteiger partial charge < -0.3 is 14.6 Å². The third-order valence-electron chi connectivity index (χ3n) is 6.45. The third-order valence-corrected chi connectivity index (χ3v) is 8.23. The van der Waals surface area contributed by atoms with Crippen LogP contribution in [0.5, 0.6) is 5.75 Å². The van der Waals surface area contributed by atoms with E-state index in [9.17, 15) is 13.5 Å². The van der Waals surface area contributed by atoms with E-state index >= 15 is 0 Å². The number of fused-ring (bicyclic) bond motifs is 1. The monoisotopic (exact) mass is 460 g/mol. The molecule has 0 aliphatic carbocycles. The molecule has 0 bridgehead atoms. The number of anilines is 1. The van der Waals surface area contributed by atoms with Crippen LogP contribution in [0.15, 0.2) is 41.3 Å². The van der Waals surface area contributed by atoms with E-state index in [1.54, 1.807) is 18.2 Å². The molecule has 0 aromatic heterocycles. The van der Waals surface area contributed by atoms with Crippen LogP contribution in [0.1, 0.15) is 63.5 Å². The summed E-state index contributed by atoms with van der Waals surface area (Å²) in [5.41, 5.74) is 2.92. The second-order valence-electron chi connectivity index (χ2n) is 9.01. The van der Waals surface area contributed by atoms with E-state index < -0.39 is 15.9 Å². The fraction of sp³-hybridized carbons (Fsp3) is 0.520. The summed E-state index contributed by atoms with van der Waals surface area (Å²) in [6, 6.07) is 10.3. The number of hydrogen-bond donors (Lipinski definition) is 1. The van der Waals surface area contributed by atoms with Crippen LogP contribution in [-0.4, -0.2) is 39.9 Å². The van der Waals surface area contributed by atoms with E-state index in [4.69, 9.17) is 10.8 Å². The van der Waals surface area contributed by atoms with Crippen molar-refractivity contribution in [3.63, 3.8) is 0 Å². The van der Waals surface area contributed by atoms with Crippen molar-refractivity contribution in [3.05, 3.63) is 53.1 Å². The van der Waals surface area contributed by atoms with Gasteiger partial charge in [0, 0.05) is 32.6 Å². The minimum Gasteiger partial charge on any atom is -0.493 e. The largest absolute Gasteiger partial charge is 0.493 e. The van der Waals surface area contributed by atoms with Crippen molar-refractivity contribution in [1.82, 2.24) is 0 Å². The lowest BCUT2D eigenvalue weighted by Gasteiger charge is -2.23. The van der Waals surface area contributed by atoms with E-state index in [-0.39, 0.29) is 17.4 Å². The fourth-order valence-corrected chi connectivity index (χ4v) is 6.02. The Kier molecular flexibility index (Phi) is 6.40. The lowest BCUT2D eigenvalue weighted by molar-refractivity contribution is 0.0494. The molecule has 174 valence electrons. The van der Waals surface area contributed by atoms with E-state index in [2.05, 4.69) is 0 Å². The molecule has 0 spiro atoms. The molecule has 2 aliphatic heterocycles. The predicted molar refractivity (Wildman–Crippen MR) is 125 cm³/mol. The van der Waals surface area contributed by atoms with Gasteiger partial charge in [-0.2, -0.15) is 0 Å². The van der Waals surface area contributed by atoms with Crippen molar-refractivity contribution in [2.75, 3.05) is 30.7 Å². The molecular weight excluding hydrogens is 426 g/mol. The average Bonchev–Trinajstić information content (AvgIpc) is 3.14. The second-order valence-corrected chi connectivity index (χ2v) is 10.9. The van der Waals surface area contributed by atoms with Crippen LogP contribution in [0.4, 0.5) is 5.69 Å². The molecule has 1 saturated heterocycles. The van der Waals surface area contributed by atoms with Crippen LogP contribution in [0.2, 0.25) is 0 Å². The Morgan fingerprint density at radius 2 is 1.97 bits per heavy atom. The Morgan fingerprint density at radius 3 is 2.66 bits per heavy atom. The fourth-order valence-electron chi connectivity index (χ4n) is 4.39. The Balaban J connectivity index is 1.59. The van der Waals surface area contributed by atoms with E-state index in [1.807, 2.05) is 32.9 Å². The standard InChI is InChI=1S/C25H33NO5S/c1-17(2)20-4-6-24-23(13-20)18(3)14-26(24)32(28,29)22-5-7-25(21(12-22)15-27)31-16-19-8-10-30-11-9-19/h4-7,12-13,17-19,27H,8-11,14-16H2,1-3H3/i17D. The van der Waals surface area contributed by atoms with Crippen LogP contribution in [0.3, 0.4) is 0 Å². The minimum atomic E-state index is -3.81. The number of hydrogen-bond acceptors (Lipinski definition) is 5. The van der Waals surface area contributed by atoms with Gasteiger partial charge in [-0.15, -0.1) is 0 Å². The molecule has 0 radical (unpaired) electrons. The van der Waals surface area contributed by atoms with Crippen molar-refractivity contribution in [3.8, 4) is 5.75 Å². The zero-order valence-corrected chi connectivity index (χ0v) is 19.8. The molecule has 1 atom stereocenters. The van der Waals surface area contributed by atoms with Crippen LogP contribution in [0, 0.1) is 5.92 Å². The Morgan fingerprint density at radius 1 is 1.22 bits per heavy atom. The van der Waals surface area contributed by atoms with Crippen molar-refractivity contribution in [1.29, 1.82) is 0 Å². The maximum absolute atomic E-state index is 13.6. The molecule has 2 heterocycles. The molecule has 1 N–H and O–H groups in total. The van der Waals surface area contributed by atoms with Crippen molar-refractivity contribution in [2.24, 2.45) is 5.92 Å². The van der Waals surface area contributed by atoms with Crippen LogP contribution >= 0.6 is 0 Å². The zero-order valence-electron chi connectivity index (χ0n) is 20.0. The number of rotatable bonds is 7. The molecule has 6 nitrogen and oxygen atoms in total. The maximum Gasteiger partial charge on any atom is 0.264 e. The van der Waals surface area contributed by atoms with E-state index in [0.29, 0.717) is 36.1 Å². The van der Waals surface area contributed by atoms with Gasteiger partial charge in [0.2, 0.25) is 0 Å². The molecule has 32 heavy (non-hydrogen) atoms. The first-order valence-electron chi connectivity index (χ1n) is 11.7. The molecule has 1 unspecified atom stereocenters. The Hall–Kier alpha value is -2.09. The Labute approximate surface area is 192 Å². The summed E-state index contributed by atoms with van der Waals surface area (Å²) in [4.78, 5) is 0.134. The maximum atomic E-state index is 13.6. The third kappa shape index (κ3) is 4.51. The molecular formula is C25H33NO5S. The molecule has 4 rings (SSSR count). The minimum absolute atomic E-state index is 0.0245. The summed E-state index contributed by atoms with van der Waals surface area (Å²) in [7, 11) is -3.81. The SMILES string of the molecule is [2H]C(C)(C)c1ccc2c(c1)C(C)CN2S(=O)(=O)c1ccc(OCC2CCOCC2)c(CO)c1. The summed E-state index contributed by atoms with van der Waals surface area (Å²) in [6.45, 7) is 7.67. The van der Waals surface area contributed by atoms with Crippen molar-refractivity contribution >= 4 is 15.7 Å². The highest BCUT2D eigenvalue weighted by Gasteiger charge is 2.35. The highest BCUT2D eigenvalue weighted by molar-refractivity contribution is 7.92. The van der Waals surface area contributed by atoms with Gasteiger partial charge in [-0.1, -0.05) is 32.9 Å². The number of nitrogens with zero attached hydrogens (tertiary/aromatic N) is 1. The quantitative estimate of drug-likeness (QED) is 0.662. The Bertz CT molecular complexity index is 1110. The van der Waals surface area contributed by atoms with Gasteiger partial charge in [0.1, 0.15) is 5.75 Å². The van der Waals surface area contributed by atoms with Gasteiger partial charge in [-0.05, 0) is 60.0 Å². The van der Waals surface area contributed by atoms with Gasteiger partial charge in [0.25, 0.3) is 10.0 Å². The van der Waals surface area contributed by atoms with Gasteiger partial charge in [0.15, 0.2) is 0 Å². The highest BCUT2D eigenvalue weighted by atomic mass is 32.2. The molecule has 0 amide bonds. The number of benzene rings is 2. The van der Waals surface area contributed by atoms with Crippen molar-refractivity contribution in [2.45, 2.75) is 56.9 Å². The molecule has 1 fully saturated rings. The zero-order chi connectivity index (χ0) is 23.8. The smallest absolute Gasteiger partial charge is 0.264 e. The first kappa shape index (κ1) is 21.7. The summed E-state index contributed by atoms with van der Waals surface area (Å²) in [5, 5.41) is 9.89. The van der Waals surface area contributed by atoms with Crippen LogP contribution in [-0.2, 0) is 21.4 Å². The molecule has 2 aliphatic rings. The van der Waals surface area contributed by atoms with E-state index in [1.165, 1.54) is 10.4 Å². The summed E-state index contributed by atoms with van der Waals surface area (Å²) in [5.74, 6) is 0.184. The second kappa shape index (κ2) is 9.41. The molecule has 0 saturated carbocycles. The van der Waals surface area contributed by atoms with Crippen LogP contribution < -0.4 is 9.04 Å². The number of aliphatic hydroxyl groups excluding tert-OH is 1. The molecule has 7 heteroatoms. The number of aliphatic hydroxyl groups is 1. The van der Waals surface area contributed by atoms with Gasteiger partial charge in [0.05, 0.1) is 23.8 Å². The van der Waals surface area contributed by atoms with Gasteiger partial charge in [-0.25, -0.2) is 8.42 Å². The normalized spacial score (nSPS) is 20.2. The van der Waals surface area contributed by atoms with Gasteiger partial charge in [-0.3, -0.25) is 4.31 Å². The lowest BCUT2D eigenvalue weighted by Crippen LogP contribution is -2.29. The molecule has 2 aromatic rings. The first-order valence-corrected chi connectivity index (χ1v) is 12.7. The summed E-state index contributed by atoms with van der Waals surface area (Å²) < 4.78 is 48.2. The van der Waals surface area contributed by atoms with Crippen LogP contribution in [0.25, 0.3) is 0 Å². The average molecular weight is 461 g/mol. The number of ether oxygens (including phenoxy) is 2. The van der Waals surface area contributed by atoms with Gasteiger partial charge >= 0.3 is 0 Å². The highest BCUT2D eigenvalue weighted by Crippen LogP contribution is 2.41. The molecule has 2 aromatic carbocycles. The van der Waals surface area contributed by atoms with Crippen molar-refractivity contribution < 1.29 is 24.4 Å². The topological polar surface area (TPSA) is 76.1 Å².